The number of carbonyl (C=O) groups excluding carboxylic acids is 2. The van der Waals surface area contributed by atoms with E-state index in [1.807, 2.05) is 17.5 Å². The summed E-state index contributed by atoms with van der Waals surface area (Å²) in [7, 11) is 0. The molecule has 8 nitrogen and oxygen atoms in total. The lowest BCUT2D eigenvalue weighted by atomic mass is 10.0. The van der Waals surface area contributed by atoms with Crippen molar-refractivity contribution in [3.05, 3.63) is 130 Å². The predicted molar refractivity (Wildman–Crippen MR) is 161 cm³/mol. The second-order valence-corrected chi connectivity index (χ2v) is 11.6. The fraction of sp³-hybridized carbons (Fsp3) is 0.129. The largest absolute Gasteiger partial charge is 0.345 e. The Kier molecular flexibility index (Phi) is 8.57. The summed E-state index contributed by atoms with van der Waals surface area (Å²) in [6, 6.07) is 20.6. The molecule has 0 fully saturated rings. The van der Waals surface area contributed by atoms with Gasteiger partial charge in [0.15, 0.2) is 11.0 Å². The van der Waals surface area contributed by atoms with Crippen molar-refractivity contribution in [2.75, 3.05) is 5.75 Å². The molecule has 3 heterocycles. The first-order valence-electron chi connectivity index (χ1n) is 13.4. The topological polar surface area (TPSA) is 92.5 Å². The predicted octanol–water partition coefficient (Wildman–Crippen LogP) is 6.15. The number of nitrogens with zero attached hydrogens (tertiary/aromatic N) is 5. The molecule has 222 valence electrons. The smallest absolute Gasteiger partial charge is 0.254 e. The standard InChI is InChI=1S/C31H23F3N6O2S2/c32-20-9-7-19(8-10-20)26-16-25(27-6-3-15-43-27)38-40(26)29(41)18-44-31-37-36-28(39(31)22-13-11-21(33)12-14-22)17-35-30(42)23-4-1-2-5-24(23)34/h1-15,26H,16-18H2,(H,35,42). The fourth-order valence-corrected chi connectivity index (χ4v) is 6.27. The van der Waals surface area contributed by atoms with Gasteiger partial charge in [-0.2, -0.15) is 5.10 Å². The van der Waals surface area contributed by atoms with Gasteiger partial charge in [-0.3, -0.25) is 14.2 Å². The van der Waals surface area contributed by atoms with Gasteiger partial charge in [0.05, 0.1) is 34.5 Å². The molecule has 0 spiro atoms. The van der Waals surface area contributed by atoms with Crippen molar-refractivity contribution in [2.45, 2.75) is 24.2 Å². The monoisotopic (exact) mass is 632 g/mol. The Morgan fingerprint density at radius 3 is 2.34 bits per heavy atom. The number of hydrazone groups is 1. The minimum absolute atomic E-state index is 0.0696. The van der Waals surface area contributed by atoms with Crippen molar-refractivity contribution in [2.24, 2.45) is 5.10 Å². The highest BCUT2D eigenvalue weighted by atomic mass is 32.2. The number of hydrogen-bond donors (Lipinski definition) is 1. The summed E-state index contributed by atoms with van der Waals surface area (Å²) in [5, 5.41) is 19.4. The molecule has 1 aliphatic heterocycles. The number of nitrogens with one attached hydrogen (secondary N) is 1. The van der Waals surface area contributed by atoms with Crippen LogP contribution in [-0.4, -0.2) is 43.1 Å². The van der Waals surface area contributed by atoms with Gasteiger partial charge in [0, 0.05) is 12.1 Å². The molecule has 0 saturated heterocycles. The maximum absolute atomic E-state index is 14.1. The molecular formula is C31H23F3N6O2S2. The van der Waals surface area contributed by atoms with Crippen LogP contribution in [0.4, 0.5) is 13.2 Å². The van der Waals surface area contributed by atoms with Crippen LogP contribution in [0.2, 0.25) is 0 Å². The molecule has 44 heavy (non-hydrogen) atoms. The summed E-state index contributed by atoms with van der Waals surface area (Å²) in [5.74, 6) is -2.20. The normalized spacial score (nSPS) is 14.5. The number of hydrogen-bond acceptors (Lipinski definition) is 7. The summed E-state index contributed by atoms with van der Waals surface area (Å²) in [5.41, 5.74) is 1.90. The number of thiophene rings is 1. The van der Waals surface area contributed by atoms with Gasteiger partial charge in [-0.1, -0.05) is 42.1 Å². The highest BCUT2D eigenvalue weighted by Gasteiger charge is 2.33. The molecule has 1 N–H and O–H groups in total. The van der Waals surface area contributed by atoms with E-state index in [0.29, 0.717) is 23.1 Å². The van der Waals surface area contributed by atoms with Gasteiger partial charge >= 0.3 is 0 Å². The van der Waals surface area contributed by atoms with Crippen LogP contribution in [-0.2, 0) is 11.3 Å². The van der Waals surface area contributed by atoms with Gasteiger partial charge < -0.3 is 5.32 Å². The third-order valence-corrected chi connectivity index (χ3v) is 8.69. The van der Waals surface area contributed by atoms with Gasteiger partial charge in [0.2, 0.25) is 0 Å². The quantitative estimate of drug-likeness (QED) is 0.197. The molecule has 0 radical (unpaired) electrons. The number of benzene rings is 3. The second-order valence-electron chi connectivity index (χ2n) is 9.70. The van der Waals surface area contributed by atoms with E-state index in [-0.39, 0.29) is 29.6 Å². The highest BCUT2D eigenvalue weighted by molar-refractivity contribution is 7.99. The molecular weight excluding hydrogens is 610 g/mol. The molecule has 1 atom stereocenters. The van der Waals surface area contributed by atoms with Crippen LogP contribution < -0.4 is 5.32 Å². The van der Waals surface area contributed by atoms with E-state index in [2.05, 4.69) is 20.6 Å². The fourth-order valence-electron chi connectivity index (χ4n) is 4.73. The molecule has 13 heteroatoms. The van der Waals surface area contributed by atoms with Crippen molar-refractivity contribution in [3.63, 3.8) is 0 Å². The summed E-state index contributed by atoms with van der Waals surface area (Å²) >= 11 is 2.62. The van der Waals surface area contributed by atoms with Gasteiger partial charge in [-0.05, 0) is 65.5 Å². The van der Waals surface area contributed by atoms with Crippen molar-refractivity contribution in [1.29, 1.82) is 0 Å². The van der Waals surface area contributed by atoms with Crippen LogP contribution in [0.3, 0.4) is 0 Å². The average molecular weight is 633 g/mol. The summed E-state index contributed by atoms with van der Waals surface area (Å²) in [6.45, 7) is -0.112. The number of amides is 2. The number of aromatic nitrogens is 3. The molecule has 2 aromatic heterocycles. The highest BCUT2D eigenvalue weighted by Crippen LogP contribution is 2.35. The van der Waals surface area contributed by atoms with E-state index in [4.69, 9.17) is 0 Å². The lowest BCUT2D eigenvalue weighted by molar-refractivity contribution is -0.130. The van der Waals surface area contributed by atoms with E-state index in [9.17, 15) is 22.8 Å². The van der Waals surface area contributed by atoms with E-state index in [1.54, 1.807) is 22.8 Å². The van der Waals surface area contributed by atoms with Crippen molar-refractivity contribution in [1.82, 2.24) is 25.1 Å². The first-order chi connectivity index (χ1) is 21.4. The zero-order valence-corrected chi connectivity index (χ0v) is 24.5. The Morgan fingerprint density at radius 1 is 0.909 bits per heavy atom. The minimum Gasteiger partial charge on any atom is -0.345 e. The lowest BCUT2D eigenvalue weighted by Crippen LogP contribution is -2.28. The first kappa shape index (κ1) is 29.3. The number of carbonyl (C=O) groups is 2. The van der Waals surface area contributed by atoms with E-state index in [0.717, 1.165) is 27.9 Å². The SMILES string of the molecule is O=C(NCc1nnc(SCC(=O)N2N=C(c3cccs3)CC2c2ccc(F)cc2)n1-c1ccc(F)cc1)c1ccccc1F. The Bertz CT molecular complexity index is 1830. The Labute approximate surface area is 258 Å². The molecule has 1 aliphatic rings. The van der Waals surface area contributed by atoms with Gasteiger partial charge in [0.25, 0.3) is 11.8 Å². The minimum atomic E-state index is -0.662. The average Bonchev–Trinajstić information content (AvgIpc) is 3.80. The third-order valence-electron chi connectivity index (χ3n) is 6.86. The van der Waals surface area contributed by atoms with E-state index >= 15 is 0 Å². The zero-order valence-electron chi connectivity index (χ0n) is 22.9. The molecule has 5 aromatic rings. The van der Waals surface area contributed by atoms with Crippen LogP contribution in [0.15, 0.2) is 101 Å². The summed E-state index contributed by atoms with van der Waals surface area (Å²) < 4.78 is 43.1. The van der Waals surface area contributed by atoms with Gasteiger partial charge in [0.1, 0.15) is 17.5 Å². The molecule has 0 bridgehead atoms. The first-order valence-corrected chi connectivity index (χ1v) is 15.3. The number of rotatable bonds is 9. The number of halogens is 3. The molecule has 0 saturated carbocycles. The van der Waals surface area contributed by atoms with Crippen molar-refractivity contribution in [3.8, 4) is 5.69 Å². The van der Waals surface area contributed by atoms with Crippen molar-refractivity contribution < 1.29 is 22.8 Å². The summed E-state index contributed by atoms with van der Waals surface area (Å²) in [4.78, 5) is 27.2. The van der Waals surface area contributed by atoms with Crippen molar-refractivity contribution >= 4 is 40.6 Å². The Balaban J connectivity index is 1.24. The van der Waals surface area contributed by atoms with Crippen LogP contribution in [0.1, 0.15) is 39.1 Å². The molecule has 0 aliphatic carbocycles. The van der Waals surface area contributed by atoms with E-state index in [1.165, 1.54) is 70.9 Å². The van der Waals surface area contributed by atoms with Gasteiger partial charge in [-0.15, -0.1) is 21.5 Å². The van der Waals surface area contributed by atoms with Crippen LogP contribution in [0.25, 0.3) is 5.69 Å². The third kappa shape index (κ3) is 6.29. The second kappa shape index (κ2) is 12.9. The molecule has 2 amide bonds. The van der Waals surface area contributed by atoms with Gasteiger partial charge in [-0.25, -0.2) is 18.2 Å². The van der Waals surface area contributed by atoms with Crippen LogP contribution in [0, 0.1) is 17.5 Å². The maximum Gasteiger partial charge on any atom is 0.254 e. The number of thioether (sulfide) groups is 1. The lowest BCUT2D eigenvalue weighted by Gasteiger charge is -2.22. The van der Waals surface area contributed by atoms with Crippen LogP contribution >= 0.6 is 23.1 Å². The van der Waals surface area contributed by atoms with Crippen LogP contribution in [0.5, 0.6) is 0 Å². The molecule has 6 rings (SSSR count). The molecule has 3 aromatic carbocycles. The van der Waals surface area contributed by atoms with E-state index < -0.39 is 23.6 Å². The molecule has 1 unspecified atom stereocenters. The maximum atomic E-state index is 14.1. The summed E-state index contributed by atoms with van der Waals surface area (Å²) in [6.07, 6.45) is 0.472. The Morgan fingerprint density at radius 2 is 1.64 bits per heavy atom. The zero-order chi connectivity index (χ0) is 30.6. The Hall–Kier alpha value is -4.75.